The van der Waals surface area contributed by atoms with Gasteiger partial charge >= 0.3 is 6.03 Å². The number of nitro benzene ring substituents is 1. The Morgan fingerprint density at radius 1 is 1.50 bits per heavy atom. The van der Waals surface area contributed by atoms with Crippen molar-refractivity contribution in [3.05, 3.63) is 40.1 Å². The highest BCUT2D eigenvalue weighted by Gasteiger charge is 2.13. The molecule has 0 aromatic heterocycles. The summed E-state index contributed by atoms with van der Waals surface area (Å²) in [5, 5.41) is 15.8. The summed E-state index contributed by atoms with van der Waals surface area (Å²) < 4.78 is 5.05. The van der Waals surface area contributed by atoms with Crippen molar-refractivity contribution in [1.82, 2.24) is 5.32 Å². The molecule has 0 radical (unpaired) electrons. The van der Waals surface area contributed by atoms with Gasteiger partial charge in [-0.15, -0.1) is 0 Å². The highest BCUT2D eigenvalue weighted by atomic mass is 16.6. The standard InChI is InChI=1S/C13H17N3O4/c1-4-9(2)8-14-13(17)15-11-7-10(16(18)19)5-6-12(11)20-3/h5-8H,4H2,1-3H3,(H2,14,15,17)/b9-8+. The predicted octanol–water partition coefficient (Wildman–Crippen LogP) is 3.04. The van der Waals surface area contributed by atoms with Crippen molar-refractivity contribution in [3.63, 3.8) is 0 Å². The molecule has 1 rings (SSSR count). The molecular weight excluding hydrogens is 262 g/mol. The van der Waals surface area contributed by atoms with Crippen LogP contribution in [0.25, 0.3) is 0 Å². The lowest BCUT2D eigenvalue weighted by Gasteiger charge is -2.09. The van der Waals surface area contributed by atoms with E-state index in [2.05, 4.69) is 10.6 Å². The number of carbonyl (C=O) groups excluding carboxylic acids is 1. The number of amides is 2. The fraction of sp³-hybridized carbons (Fsp3) is 0.308. The number of allylic oxidation sites excluding steroid dienone is 1. The minimum atomic E-state index is -0.538. The number of hydrogen-bond acceptors (Lipinski definition) is 4. The quantitative estimate of drug-likeness (QED) is 0.640. The molecule has 2 amide bonds. The molecule has 7 heteroatoms. The zero-order valence-electron chi connectivity index (χ0n) is 11.6. The van der Waals surface area contributed by atoms with Crippen molar-refractivity contribution < 1.29 is 14.5 Å². The summed E-state index contributed by atoms with van der Waals surface area (Å²) in [5.41, 5.74) is 1.12. The van der Waals surface area contributed by atoms with Gasteiger partial charge in [0, 0.05) is 18.3 Å². The lowest BCUT2D eigenvalue weighted by Crippen LogP contribution is -2.24. The largest absolute Gasteiger partial charge is 0.495 e. The molecular formula is C13H17N3O4. The van der Waals surface area contributed by atoms with Crippen LogP contribution in [0.3, 0.4) is 0 Å². The molecule has 20 heavy (non-hydrogen) atoms. The van der Waals surface area contributed by atoms with Crippen LogP contribution in [0.15, 0.2) is 30.0 Å². The van der Waals surface area contributed by atoms with E-state index in [9.17, 15) is 14.9 Å². The zero-order valence-corrected chi connectivity index (χ0v) is 11.6. The third kappa shape index (κ3) is 4.27. The van der Waals surface area contributed by atoms with Gasteiger partial charge in [-0.25, -0.2) is 4.79 Å². The number of carbonyl (C=O) groups is 1. The summed E-state index contributed by atoms with van der Waals surface area (Å²) >= 11 is 0. The Hall–Kier alpha value is -2.57. The normalized spacial score (nSPS) is 10.8. The number of urea groups is 1. The average Bonchev–Trinajstić information content (AvgIpc) is 2.44. The predicted molar refractivity (Wildman–Crippen MR) is 75.9 cm³/mol. The smallest absolute Gasteiger partial charge is 0.323 e. The molecule has 0 aliphatic rings. The van der Waals surface area contributed by atoms with Crippen LogP contribution in [0.5, 0.6) is 5.75 Å². The van der Waals surface area contributed by atoms with Gasteiger partial charge in [0.25, 0.3) is 5.69 Å². The molecule has 0 atom stereocenters. The Labute approximate surface area is 116 Å². The summed E-state index contributed by atoms with van der Waals surface area (Å²) in [6.07, 6.45) is 2.40. The summed E-state index contributed by atoms with van der Waals surface area (Å²) in [6.45, 7) is 3.85. The topological polar surface area (TPSA) is 93.5 Å². The van der Waals surface area contributed by atoms with Crippen LogP contribution in [0.4, 0.5) is 16.2 Å². The van der Waals surface area contributed by atoms with E-state index in [-0.39, 0.29) is 11.4 Å². The maximum Gasteiger partial charge on any atom is 0.323 e. The number of ether oxygens (including phenoxy) is 1. The third-order valence-electron chi connectivity index (χ3n) is 2.65. The summed E-state index contributed by atoms with van der Waals surface area (Å²) in [7, 11) is 1.42. The Kier molecular flexibility index (Phi) is 5.52. The molecule has 0 spiro atoms. The Bertz CT molecular complexity index is 540. The van der Waals surface area contributed by atoms with Crippen molar-refractivity contribution in [2.75, 3.05) is 12.4 Å². The van der Waals surface area contributed by atoms with Gasteiger partial charge in [-0.05, 0) is 19.4 Å². The van der Waals surface area contributed by atoms with E-state index >= 15 is 0 Å². The minimum absolute atomic E-state index is 0.124. The van der Waals surface area contributed by atoms with Gasteiger partial charge < -0.3 is 15.4 Å². The lowest BCUT2D eigenvalue weighted by atomic mass is 10.2. The molecule has 0 aliphatic carbocycles. The van der Waals surface area contributed by atoms with Gasteiger partial charge in [-0.3, -0.25) is 10.1 Å². The molecule has 2 N–H and O–H groups in total. The number of rotatable bonds is 5. The molecule has 7 nitrogen and oxygen atoms in total. The number of nitrogens with one attached hydrogen (secondary N) is 2. The lowest BCUT2D eigenvalue weighted by molar-refractivity contribution is -0.384. The first-order valence-electron chi connectivity index (χ1n) is 6.03. The third-order valence-corrected chi connectivity index (χ3v) is 2.65. The monoisotopic (exact) mass is 279 g/mol. The van der Waals surface area contributed by atoms with Crippen LogP contribution < -0.4 is 15.4 Å². The van der Waals surface area contributed by atoms with E-state index in [1.165, 1.54) is 25.3 Å². The second-order valence-electron chi connectivity index (χ2n) is 4.08. The number of benzene rings is 1. The van der Waals surface area contributed by atoms with Crippen molar-refractivity contribution >= 4 is 17.4 Å². The van der Waals surface area contributed by atoms with Crippen LogP contribution in [0.2, 0.25) is 0 Å². The molecule has 0 saturated heterocycles. The van der Waals surface area contributed by atoms with E-state index in [1.807, 2.05) is 13.8 Å². The van der Waals surface area contributed by atoms with Gasteiger partial charge in [0.05, 0.1) is 17.7 Å². The molecule has 0 aliphatic heterocycles. The van der Waals surface area contributed by atoms with Crippen molar-refractivity contribution in [2.24, 2.45) is 0 Å². The summed E-state index contributed by atoms with van der Waals surface area (Å²) in [4.78, 5) is 21.9. The van der Waals surface area contributed by atoms with E-state index in [0.29, 0.717) is 5.75 Å². The first kappa shape index (κ1) is 15.5. The van der Waals surface area contributed by atoms with Crippen molar-refractivity contribution in [2.45, 2.75) is 20.3 Å². The molecule has 0 bridgehead atoms. The Morgan fingerprint density at radius 3 is 2.75 bits per heavy atom. The molecule has 108 valence electrons. The molecule has 0 unspecified atom stereocenters. The zero-order chi connectivity index (χ0) is 15.1. The maximum absolute atomic E-state index is 11.7. The molecule has 0 saturated carbocycles. The number of nitro groups is 1. The summed E-state index contributed by atoms with van der Waals surface area (Å²) in [5.74, 6) is 0.349. The Morgan fingerprint density at radius 2 is 2.20 bits per heavy atom. The van der Waals surface area contributed by atoms with E-state index in [0.717, 1.165) is 12.0 Å². The number of nitrogens with zero attached hydrogens (tertiary/aromatic N) is 1. The van der Waals surface area contributed by atoms with Gasteiger partial charge in [-0.2, -0.15) is 0 Å². The van der Waals surface area contributed by atoms with E-state index in [4.69, 9.17) is 4.74 Å². The van der Waals surface area contributed by atoms with Crippen molar-refractivity contribution in [3.8, 4) is 5.75 Å². The average molecular weight is 279 g/mol. The van der Waals surface area contributed by atoms with E-state index < -0.39 is 11.0 Å². The number of anilines is 1. The first-order chi connectivity index (χ1) is 9.47. The van der Waals surface area contributed by atoms with Gasteiger partial charge in [-0.1, -0.05) is 12.5 Å². The van der Waals surface area contributed by atoms with Crippen LogP contribution >= 0.6 is 0 Å². The van der Waals surface area contributed by atoms with Gasteiger partial charge in [0.15, 0.2) is 0 Å². The van der Waals surface area contributed by atoms with E-state index in [1.54, 1.807) is 6.20 Å². The van der Waals surface area contributed by atoms with Gasteiger partial charge in [0.2, 0.25) is 0 Å². The van der Waals surface area contributed by atoms with Crippen LogP contribution in [-0.4, -0.2) is 18.1 Å². The second kappa shape index (κ2) is 7.13. The SMILES string of the molecule is CC/C(C)=C/NC(=O)Nc1cc([N+](=O)[O-])ccc1OC. The number of non-ortho nitro benzene ring substituents is 1. The van der Waals surface area contributed by atoms with Crippen LogP contribution in [0.1, 0.15) is 20.3 Å². The minimum Gasteiger partial charge on any atom is -0.495 e. The number of methoxy groups -OCH3 is 1. The Balaban J connectivity index is 2.87. The summed E-state index contributed by atoms with van der Waals surface area (Å²) in [6, 6.07) is 3.50. The molecule has 0 heterocycles. The fourth-order valence-corrected chi connectivity index (χ4v) is 1.36. The van der Waals surface area contributed by atoms with Crippen LogP contribution in [-0.2, 0) is 0 Å². The highest BCUT2D eigenvalue weighted by Crippen LogP contribution is 2.28. The van der Waals surface area contributed by atoms with Gasteiger partial charge in [0.1, 0.15) is 5.75 Å². The molecule has 0 fully saturated rings. The maximum atomic E-state index is 11.7. The van der Waals surface area contributed by atoms with Crippen molar-refractivity contribution in [1.29, 1.82) is 0 Å². The highest BCUT2D eigenvalue weighted by molar-refractivity contribution is 5.92. The molecule has 1 aromatic rings. The van der Waals surface area contributed by atoms with Crippen LogP contribution in [0, 0.1) is 10.1 Å². The fourth-order valence-electron chi connectivity index (χ4n) is 1.36. The second-order valence-corrected chi connectivity index (χ2v) is 4.08. The first-order valence-corrected chi connectivity index (χ1v) is 6.03. The number of hydrogen-bond donors (Lipinski definition) is 2. The molecule has 1 aromatic carbocycles.